The first-order chi connectivity index (χ1) is 6.52. The molecule has 0 aliphatic rings. The van der Waals surface area contributed by atoms with Crippen LogP contribution in [0.4, 0.5) is 4.79 Å². The lowest BCUT2D eigenvalue weighted by molar-refractivity contribution is -0.140. The molecule has 0 aromatic heterocycles. The number of rotatable bonds is 5. The molecule has 0 heterocycles. The van der Waals surface area contributed by atoms with Crippen molar-refractivity contribution < 1.29 is 19.4 Å². The van der Waals surface area contributed by atoms with Gasteiger partial charge in [-0.3, -0.25) is 0 Å². The van der Waals surface area contributed by atoms with Gasteiger partial charge in [0.1, 0.15) is 6.04 Å². The summed E-state index contributed by atoms with van der Waals surface area (Å²) in [4.78, 5) is 21.7. The van der Waals surface area contributed by atoms with E-state index in [4.69, 9.17) is 5.11 Å². The fraction of sp³-hybridized carbons (Fsp3) is 0.556. The molecule has 0 aliphatic heterocycles. The van der Waals surface area contributed by atoms with Crippen LogP contribution in [0.3, 0.4) is 0 Å². The number of nitrogens with one attached hydrogen (secondary N) is 1. The molecule has 5 heteroatoms. The van der Waals surface area contributed by atoms with E-state index in [-0.39, 0.29) is 5.92 Å². The van der Waals surface area contributed by atoms with Gasteiger partial charge in [0.25, 0.3) is 0 Å². The Morgan fingerprint density at radius 3 is 2.57 bits per heavy atom. The molecule has 0 rings (SSSR count). The van der Waals surface area contributed by atoms with Gasteiger partial charge in [-0.25, -0.2) is 9.59 Å². The molecule has 0 bridgehead atoms. The highest BCUT2D eigenvalue weighted by molar-refractivity contribution is 5.80. The van der Waals surface area contributed by atoms with Crippen LogP contribution in [0.1, 0.15) is 20.3 Å². The summed E-state index contributed by atoms with van der Waals surface area (Å²) in [5, 5.41) is 11.0. The summed E-state index contributed by atoms with van der Waals surface area (Å²) < 4.78 is 4.37. The summed E-state index contributed by atoms with van der Waals surface area (Å²) in [6.45, 7) is 6.78. The number of carbonyl (C=O) groups is 2. The summed E-state index contributed by atoms with van der Waals surface area (Å²) in [5.41, 5.74) is 0. The van der Waals surface area contributed by atoms with E-state index in [2.05, 4.69) is 16.6 Å². The lowest BCUT2D eigenvalue weighted by atomic mass is 10.00. The van der Waals surface area contributed by atoms with Gasteiger partial charge in [0, 0.05) is 0 Å². The summed E-state index contributed by atoms with van der Waals surface area (Å²) >= 11 is 0. The Hall–Kier alpha value is -1.52. The van der Waals surface area contributed by atoms with Crippen molar-refractivity contribution >= 4 is 12.1 Å². The van der Waals surface area contributed by atoms with Crippen molar-refractivity contribution in [2.24, 2.45) is 5.92 Å². The first-order valence-electron chi connectivity index (χ1n) is 4.33. The quantitative estimate of drug-likeness (QED) is 0.658. The predicted molar refractivity (Wildman–Crippen MR) is 50.7 cm³/mol. The first-order valence-corrected chi connectivity index (χ1v) is 4.33. The molecular weight excluding hydrogens is 186 g/mol. The average Bonchev–Trinajstić information content (AvgIpc) is 2.13. The van der Waals surface area contributed by atoms with Crippen molar-refractivity contribution in [3.05, 3.63) is 12.8 Å². The zero-order valence-corrected chi connectivity index (χ0v) is 8.32. The molecular formula is C9H15NO4. The lowest BCUT2D eigenvalue weighted by Gasteiger charge is -2.18. The molecule has 0 aromatic carbocycles. The zero-order chi connectivity index (χ0) is 11.1. The standard InChI is InChI=1S/C9H15NO4/c1-4-6(3)7(8(11)12)10-9(13)14-5-2/h5-7H,2,4H2,1,3H3,(H,10,13)(H,11,12)/t6-,7-/m0/s1. The molecule has 0 saturated heterocycles. The van der Waals surface area contributed by atoms with Gasteiger partial charge in [-0.2, -0.15) is 0 Å². The number of ether oxygens (including phenoxy) is 1. The third-order valence-electron chi connectivity index (χ3n) is 1.94. The van der Waals surface area contributed by atoms with Crippen molar-refractivity contribution in [2.45, 2.75) is 26.3 Å². The molecule has 2 N–H and O–H groups in total. The maximum absolute atomic E-state index is 10.9. The van der Waals surface area contributed by atoms with Gasteiger partial charge >= 0.3 is 12.1 Å². The minimum Gasteiger partial charge on any atom is -0.480 e. The van der Waals surface area contributed by atoms with E-state index in [1.165, 1.54) is 0 Å². The normalized spacial score (nSPS) is 13.9. The van der Waals surface area contributed by atoms with E-state index in [1.807, 2.05) is 6.92 Å². The Kier molecular flexibility index (Phi) is 5.36. The molecule has 2 atom stereocenters. The number of carboxylic acid groups (broad SMARTS) is 1. The van der Waals surface area contributed by atoms with Gasteiger partial charge in [0.05, 0.1) is 6.26 Å². The van der Waals surface area contributed by atoms with Crippen LogP contribution in [0, 0.1) is 5.92 Å². The molecule has 0 aliphatic carbocycles. The number of aliphatic carboxylic acids is 1. The SMILES string of the molecule is C=COC(=O)N[C@H](C(=O)O)[C@@H](C)CC. The van der Waals surface area contributed by atoms with Crippen LogP contribution in [0.2, 0.25) is 0 Å². The Bertz CT molecular complexity index is 227. The number of hydrogen-bond donors (Lipinski definition) is 2. The Balaban J connectivity index is 4.29. The zero-order valence-electron chi connectivity index (χ0n) is 8.32. The van der Waals surface area contributed by atoms with E-state index < -0.39 is 18.1 Å². The topological polar surface area (TPSA) is 75.6 Å². The second-order valence-electron chi connectivity index (χ2n) is 2.92. The molecule has 0 spiro atoms. The highest BCUT2D eigenvalue weighted by Gasteiger charge is 2.25. The fourth-order valence-electron chi connectivity index (χ4n) is 0.920. The number of carboxylic acids is 1. The van der Waals surface area contributed by atoms with Crippen molar-refractivity contribution in [3.8, 4) is 0 Å². The Morgan fingerprint density at radius 1 is 1.64 bits per heavy atom. The highest BCUT2D eigenvalue weighted by Crippen LogP contribution is 2.07. The summed E-state index contributed by atoms with van der Waals surface area (Å²) in [6, 6.07) is -0.924. The number of amides is 1. The monoisotopic (exact) mass is 201 g/mol. The predicted octanol–water partition coefficient (Wildman–Crippen LogP) is 1.36. The second kappa shape index (κ2) is 6.01. The highest BCUT2D eigenvalue weighted by atomic mass is 16.5. The molecule has 5 nitrogen and oxygen atoms in total. The van der Waals surface area contributed by atoms with Crippen LogP contribution in [0.25, 0.3) is 0 Å². The molecule has 0 fully saturated rings. The molecule has 1 amide bonds. The van der Waals surface area contributed by atoms with E-state index >= 15 is 0 Å². The minimum atomic E-state index is -1.07. The Morgan fingerprint density at radius 2 is 2.21 bits per heavy atom. The molecule has 0 radical (unpaired) electrons. The van der Waals surface area contributed by atoms with E-state index in [0.717, 1.165) is 6.26 Å². The van der Waals surface area contributed by atoms with Gasteiger partial charge in [-0.15, -0.1) is 0 Å². The molecule has 80 valence electrons. The molecule has 0 unspecified atom stereocenters. The number of alkyl carbamates (subject to hydrolysis) is 1. The van der Waals surface area contributed by atoms with E-state index in [9.17, 15) is 9.59 Å². The van der Waals surface area contributed by atoms with E-state index in [1.54, 1.807) is 6.92 Å². The summed E-state index contributed by atoms with van der Waals surface area (Å²) in [6.07, 6.45) is 0.809. The fourth-order valence-corrected chi connectivity index (χ4v) is 0.920. The van der Waals surface area contributed by atoms with Crippen LogP contribution in [-0.2, 0) is 9.53 Å². The lowest BCUT2D eigenvalue weighted by Crippen LogP contribution is -2.44. The van der Waals surface area contributed by atoms with Crippen molar-refractivity contribution in [3.63, 3.8) is 0 Å². The van der Waals surface area contributed by atoms with E-state index in [0.29, 0.717) is 6.42 Å². The smallest absolute Gasteiger partial charge is 0.412 e. The number of carbonyl (C=O) groups excluding carboxylic acids is 1. The first kappa shape index (κ1) is 12.5. The van der Waals surface area contributed by atoms with Gasteiger partial charge in [0.15, 0.2) is 0 Å². The summed E-state index contributed by atoms with van der Waals surface area (Å²) in [5.74, 6) is -1.22. The molecule has 14 heavy (non-hydrogen) atoms. The van der Waals surface area contributed by atoms with Crippen molar-refractivity contribution in [1.29, 1.82) is 0 Å². The van der Waals surface area contributed by atoms with Gasteiger partial charge in [0.2, 0.25) is 0 Å². The van der Waals surface area contributed by atoms with Crippen LogP contribution in [-0.4, -0.2) is 23.2 Å². The van der Waals surface area contributed by atoms with Crippen LogP contribution in [0.15, 0.2) is 12.8 Å². The third-order valence-corrected chi connectivity index (χ3v) is 1.94. The minimum absolute atomic E-state index is 0.148. The maximum Gasteiger partial charge on any atom is 0.412 e. The Labute approximate surface area is 82.7 Å². The second-order valence-corrected chi connectivity index (χ2v) is 2.92. The van der Waals surface area contributed by atoms with Gasteiger partial charge < -0.3 is 15.2 Å². The van der Waals surface area contributed by atoms with Crippen molar-refractivity contribution in [2.75, 3.05) is 0 Å². The van der Waals surface area contributed by atoms with Crippen molar-refractivity contribution in [1.82, 2.24) is 5.32 Å². The summed E-state index contributed by atoms with van der Waals surface area (Å²) in [7, 11) is 0. The molecule has 0 saturated carbocycles. The van der Waals surface area contributed by atoms with Gasteiger partial charge in [-0.05, 0) is 5.92 Å². The molecule has 0 aromatic rings. The van der Waals surface area contributed by atoms with Crippen LogP contribution in [0.5, 0.6) is 0 Å². The van der Waals surface area contributed by atoms with Crippen LogP contribution < -0.4 is 5.32 Å². The maximum atomic E-state index is 10.9. The van der Waals surface area contributed by atoms with Crippen LogP contribution >= 0.6 is 0 Å². The third kappa shape index (κ3) is 3.93. The largest absolute Gasteiger partial charge is 0.480 e. The van der Waals surface area contributed by atoms with Gasteiger partial charge in [-0.1, -0.05) is 26.8 Å². The number of hydrogen-bond acceptors (Lipinski definition) is 3. The average molecular weight is 201 g/mol.